The van der Waals surface area contributed by atoms with E-state index >= 15 is 0 Å². The van der Waals surface area contributed by atoms with Gasteiger partial charge < -0.3 is 20.7 Å². The predicted octanol–water partition coefficient (Wildman–Crippen LogP) is -0.000500. The van der Waals surface area contributed by atoms with Crippen molar-refractivity contribution in [3.8, 4) is 0 Å². The van der Waals surface area contributed by atoms with Crippen LogP contribution >= 0.6 is 0 Å². The number of hydrogen-bond acceptors (Lipinski definition) is 3. The maximum Gasteiger partial charge on any atom is 0.404 e. The Morgan fingerprint density at radius 3 is 3.07 bits per heavy atom. The summed E-state index contributed by atoms with van der Waals surface area (Å²) in [5.41, 5.74) is 6.24. The molecule has 0 unspecified atom stereocenters. The van der Waals surface area contributed by atoms with E-state index in [1.165, 1.54) is 0 Å². The van der Waals surface area contributed by atoms with Gasteiger partial charge >= 0.3 is 6.09 Å². The molecule has 1 aromatic heterocycles. The highest BCUT2D eigenvalue weighted by Gasteiger charge is 1.97. The molecule has 14 heavy (non-hydrogen) atoms. The molecule has 0 radical (unpaired) electrons. The summed E-state index contributed by atoms with van der Waals surface area (Å²) in [5.74, 6) is 0. The Hall–Kier alpha value is -1.56. The van der Waals surface area contributed by atoms with Crippen LogP contribution in [0.5, 0.6) is 0 Å². The van der Waals surface area contributed by atoms with Crippen LogP contribution in [-0.2, 0) is 13.1 Å². The van der Waals surface area contributed by atoms with Gasteiger partial charge in [-0.2, -0.15) is 0 Å². The van der Waals surface area contributed by atoms with E-state index in [1.54, 1.807) is 6.33 Å². The van der Waals surface area contributed by atoms with Crippen LogP contribution in [0.2, 0.25) is 0 Å². The molecular formula is C8H14N4O2. The van der Waals surface area contributed by atoms with Crippen molar-refractivity contribution in [1.29, 1.82) is 0 Å². The number of imidazole rings is 1. The van der Waals surface area contributed by atoms with E-state index < -0.39 is 6.09 Å². The molecule has 6 nitrogen and oxygen atoms in total. The lowest BCUT2D eigenvalue weighted by atomic mass is 10.4. The lowest BCUT2D eigenvalue weighted by Crippen LogP contribution is -2.22. The van der Waals surface area contributed by atoms with Crippen LogP contribution in [0.3, 0.4) is 0 Å². The summed E-state index contributed by atoms with van der Waals surface area (Å²) in [6.07, 6.45) is 3.31. The summed E-state index contributed by atoms with van der Waals surface area (Å²) < 4.78 is 1.89. The van der Waals surface area contributed by atoms with E-state index in [0.717, 1.165) is 18.7 Å². The lowest BCUT2D eigenvalue weighted by molar-refractivity contribution is 0.194. The second-order valence-corrected chi connectivity index (χ2v) is 2.89. The normalized spacial score (nSPS) is 10.1. The molecule has 0 aromatic carbocycles. The van der Waals surface area contributed by atoms with Crippen LogP contribution < -0.4 is 11.1 Å². The standard InChI is InChI=1S/C8H14N4O2/c9-4-7-5-12(6-11-7)3-1-2-10-8(13)14/h5-6,10H,1-4,9H2,(H,13,14). The molecule has 1 aromatic rings. The van der Waals surface area contributed by atoms with Crippen LogP contribution in [0.25, 0.3) is 0 Å². The minimum Gasteiger partial charge on any atom is -0.465 e. The summed E-state index contributed by atoms with van der Waals surface area (Å²) >= 11 is 0. The number of nitrogens with one attached hydrogen (secondary N) is 1. The molecule has 0 aliphatic carbocycles. The zero-order valence-corrected chi connectivity index (χ0v) is 7.81. The fraction of sp³-hybridized carbons (Fsp3) is 0.500. The maximum atomic E-state index is 10.1. The van der Waals surface area contributed by atoms with Gasteiger partial charge in [0.05, 0.1) is 12.0 Å². The Bertz CT molecular complexity index is 297. The Morgan fingerprint density at radius 2 is 2.50 bits per heavy atom. The third-order valence-corrected chi connectivity index (χ3v) is 1.77. The minimum absolute atomic E-state index is 0.431. The van der Waals surface area contributed by atoms with Gasteiger partial charge in [-0.1, -0.05) is 0 Å². The largest absolute Gasteiger partial charge is 0.465 e. The quantitative estimate of drug-likeness (QED) is 0.580. The first-order valence-electron chi connectivity index (χ1n) is 4.40. The molecule has 0 atom stereocenters. The van der Waals surface area contributed by atoms with Gasteiger partial charge in [-0.05, 0) is 6.42 Å². The number of aryl methyl sites for hydroxylation is 1. The maximum absolute atomic E-state index is 10.1. The summed E-state index contributed by atoms with van der Waals surface area (Å²) in [6.45, 7) is 1.62. The molecule has 1 amide bonds. The number of carboxylic acid groups (broad SMARTS) is 1. The smallest absolute Gasteiger partial charge is 0.404 e. The molecule has 0 bridgehead atoms. The fourth-order valence-corrected chi connectivity index (χ4v) is 1.09. The van der Waals surface area contributed by atoms with E-state index in [2.05, 4.69) is 10.3 Å². The second-order valence-electron chi connectivity index (χ2n) is 2.89. The van der Waals surface area contributed by atoms with Gasteiger partial charge in [-0.15, -0.1) is 0 Å². The van der Waals surface area contributed by atoms with E-state index in [0.29, 0.717) is 13.1 Å². The molecule has 6 heteroatoms. The average Bonchev–Trinajstić information content (AvgIpc) is 2.60. The van der Waals surface area contributed by atoms with Crippen LogP contribution in [0.15, 0.2) is 12.5 Å². The molecule has 4 N–H and O–H groups in total. The number of carbonyl (C=O) groups is 1. The van der Waals surface area contributed by atoms with Crippen LogP contribution in [0, 0.1) is 0 Å². The first-order chi connectivity index (χ1) is 6.72. The van der Waals surface area contributed by atoms with Gasteiger partial charge in [0.25, 0.3) is 0 Å². The van der Waals surface area contributed by atoms with Gasteiger partial charge in [0.1, 0.15) is 0 Å². The van der Waals surface area contributed by atoms with Crippen molar-refractivity contribution < 1.29 is 9.90 Å². The molecule has 1 heterocycles. The molecule has 0 saturated carbocycles. The zero-order valence-electron chi connectivity index (χ0n) is 7.81. The zero-order chi connectivity index (χ0) is 10.4. The van der Waals surface area contributed by atoms with E-state index in [4.69, 9.17) is 10.8 Å². The van der Waals surface area contributed by atoms with Crippen molar-refractivity contribution in [3.63, 3.8) is 0 Å². The van der Waals surface area contributed by atoms with Crippen molar-refractivity contribution >= 4 is 6.09 Å². The summed E-state index contributed by atoms with van der Waals surface area (Å²) in [5, 5.41) is 10.6. The SMILES string of the molecule is NCc1cn(CCCNC(=O)O)cn1. The summed E-state index contributed by atoms with van der Waals surface area (Å²) in [6, 6.07) is 0. The second kappa shape index (κ2) is 5.23. The summed E-state index contributed by atoms with van der Waals surface area (Å²) in [7, 11) is 0. The Balaban J connectivity index is 2.21. The number of nitrogens with two attached hydrogens (primary N) is 1. The average molecular weight is 198 g/mol. The van der Waals surface area contributed by atoms with Gasteiger partial charge in [0.2, 0.25) is 0 Å². The van der Waals surface area contributed by atoms with E-state index in [-0.39, 0.29) is 0 Å². The topological polar surface area (TPSA) is 93.2 Å². The minimum atomic E-state index is -0.988. The first-order valence-corrected chi connectivity index (χ1v) is 4.40. The fourth-order valence-electron chi connectivity index (χ4n) is 1.09. The van der Waals surface area contributed by atoms with Gasteiger partial charge in [0.15, 0.2) is 0 Å². The van der Waals surface area contributed by atoms with E-state index in [9.17, 15) is 4.79 Å². The number of rotatable bonds is 5. The number of amides is 1. The summed E-state index contributed by atoms with van der Waals surface area (Å²) in [4.78, 5) is 14.2. The van der Waals surface area contributed by atoms with Crippen molar-refractivity contribution in [3.05, 3.63) is 18.2 Å². The highest BCUT2D eigenvalue weighted by atomic mass is 16.4. The molecule has 0 aliphatic rings. The van der Waals surface area contributed by atoms with Crippen molar-refractivity contribution in [2.24, 2.45) is 5.73 Å². The van der Waals surface area contributed by atoms with Crippen LogP contribution in [0.4, 0.5) is 4.79 Å². The third-order valence-electron chi connectivity index (χ3n) is 1.77. The number of hydrogen-bond donors (Lipinski definition) is 3. The Labute approximate surface area is 81.7 Å². The highest BCUT2D eigenvalue weighted by Crippen LogP contribution is 1.95. The first kappa shape index (κ1) is 10.5. The number of aromatic nitrogens is 2. The lowest BCUT2D eigenvalue weighted by Gasteiger charge is -2.01. The Kier molecular flexibility index (Phi) is 3.93. The third kappa shape index (κ3) is 3.44. The molecule has 1 rings (SSSR count). The van der Waals surface area contributed by atoms with E-state index in [1.807, 2.05) is 10.8 Å². The molecule has 0 aliphatic heterocycles. The monoisotopic (exact) mass is 198 g/mol. The van der Waals surface area contributed by atoms with Crippen molar-refractivity contribution in [2.45, 2.75) is 19.5 Å². The van der Waals surface area contributed by atoms with Gasteiger partial charge in [-0.25, -0.2) is 9.78 Å². The molecule has 0 fully saturated rings. The highest BCUT2D eigenvalue weighted by molar-refractivity contribution is 5.64. The predicted molar refractivity (Wildman–Crippen MR) is 50.8 cm³/mol. The van der Waals surface area contributed by atoms with Crippen molar-refractivity contribution in [2.75, 3.05) is 6.54 Å². The van der Waals surface area contributed by atoms with Gasteiger partial charge in [0, 0.05) is 25.8 Å². The molecular weight excluding hydrogens is 184 g/mol. The number of nitrogens with zero attached hydrogens (tertiary/aromatic N) is 2. The van der Waals surface area contributed by atoms with Crippen LogP contribution in [-0.4, -0.2) is 27.3 Å². The molecule has 78 valence electrons. The van der Waals surface area contributed by atoms with Crippen LogP contribution in [0.1, 0.15) is 12.1 Å². The van der Waals surface area contributed by atoms with Gasteiger partial charge in [-0.3, -0.25) is 0 Å². The van der Waals surface area contributed by atoms with Crippen molar-refractivity contribution in [1.82, 2.24) is 14.9 Å². The Morgan fingerprint density at radius 1 is 1.71 bits per heavy atom. The molecule has 0 spiro atoms. The molecule has 0 saturated heterocycles.